The highest BCUT2D eigenvalue weighted by atomic mass is 35.5. The molecule has 0 radical (unpaired) electrons. The Morgan fingerprint density at radius 3 is 2.73 bits per heavy atom. The second kappa shape index (κ2) is 9.90. The predicted molar refractivity (Wildman–Crippen MR) is 64.1 cm³/mol. The van der Waals surface area contributed by atoms with Crippen LogP contribution in [0, 0.1) is 0 Å². The third kappa shape index (κ3) is 7.31. The zero-order valence-electron chi connectivity index (χ0n) is 8.85. The molecular weight excluding hydrogens is 212 g/mol. The fraction of sp³-hybridized carbons (Fsp3) is 0.545. The van der Waals surface area contributed by atoms with Crippen molar-refractivity contribution in [2.24, 2.45) is 0 Å². The highest BCUT2D eigenvalue weighted by Crippen LogP contribution is 1.94. The van der Waals surface area contributed by atoms with E-state index in [4.69, 9.17) is 5.11 Å². The van der Waals surface area contributed by atoms with E-state index in [1.807, 2.05) is 24.4 Å². The number of hydrogen-bond donors (Lipinski definition) is 2. The Labute approximate surface area is 97.3 Å². The van der Waals surface area contributed by atoms with Crippen molar-refractivity contribution in [1.82, 2.24) is 10.3 Å². The van der Waals surface area contributed by atoms with E-state index in [0.717, 1.165) is 38.0 Å². The number of aliphatic hydroxyl groups excluding tert-OH is 1. The van der Waals surface area contributed by atoms with Crippen LogP contribution in [0.25, 0.3) is 0 Å². The summed E-state index contributed by atoms with van der Waals surface area (Å²) in [5.41, 5.74) is 1.08. The van der Waals surface area contributed by atoms with Gasteiger partial charge in [0.2, 0.25) is 0 Å². The van der Waals surface area contributed by atoms with Crippen LogP contribution in [0.1, 0.15) is 25.0 Å². The van der Waals surface area contributed by atoms with E-state index in [2.05, 4.69) is 10.3 Å². The lowest BCUT2D eigenvalue weighted by Crippen LogP contribution is -2.15. The lowest BCUT2D eigenvalue weighted by atomic mass is 10.2. The molecule has 15 heavy (non-hydrogen) atoms. The second-order valence-corrected chi connectivity index (χ2v) is 3.28. The average Bonchev–Trinajstić information content (AvgIpc) is 2.25. The van der Waals surface area contributed by atoms with E-state index in [1.165, 1.54) is 0 Å². The maximum absolute atomic E-state index is 8.57. The summed E-state index contributed by atoms with van der Waals surface area (Å²) >= 11 is 0. The summed E-state index contributed by atoms with van der Waals surface area (Å²) < 4.78 is 0. The summed E-state index contributed by atoms with van der Waals surface area (Å²) in [6.45, 7) is 2.14. The summed E-state index contributed by atoms with van der Waals surface area (Å²) in [6, 6.07) is 5.93. The first-order valence-electron chi connectivity index (χ1n) is 5.15. The lowest BCUT2D eigenvalue weighted by Gasteiger charge is -2.03. The Kier molecular flexibility index (Phi) is 9.48. The minimum atomic E-state index is 0. The molecule has 0 saturated heterocycles. The van der Waals surface area contributed by atoms with Crippen molar-refractivity contribution >= 4 is 12.4 Å². The van der Waals surface area contributed by atoms with E-state index in [1.54, 1.807) is 0 Å². The van der Waals surface area contributed by atoms with Gasteiger partial charge >= 0.3 is 0 Å². The molecule has 1 rings (SSSR count). The van der Waals surface area contributed by atoms with Crippen molar-refractivity contribution < 1.29 is 5.11 Å². The molecule has 0 amide bonds. The Morgan fingerprint density at radius 1 is 1.20 bits per heavy atom. The summed E-state index contributed by atoms with van der Waals surface area (Å²) in [4.78, 5) is 4.21. The first kappa shape index (κ1) is 14.4. The Balaban J connectivity index is 0.00000196. The van der Waals surface area contributed by atoms with Gasteiger partial charge in [-0.3, -0.25) is 4.98 Å². The molecule has 1 heterocycles. The maximum Gasteiger partial charge on any atom is 0.0541 e. The SMILES string of the molecule is Cl.OCCCCCNCc1ccccn1. The van der Waals surface area contributed by atoms with Crippen molar-refractivity contribution in [3.63, 3.8) is 0 Å². The molecule has 4 heteroatoms. The third-order valence-electron chi connectivity index (χ3n) is 2.04. The average molecular weight is 231 g/mol. The molecule has 0 aliphatic rings. The van der Waals surface area contributed by atoms with Gasteiger partial charge in [-0.1, -0.05) is 6.07 Å². The monoisotopic (exact) mass is 230 g/mol. The molecule has 0 bridgehead atoms. The smallest absolute Gasteiger partial charge is 0.0541 e. The van der Waals surface area contributed by atoms with Gasteiger partial charge < -0.3 is 10.4 Å². The van der Waals surface area contributed by atoms with Gasteiger partial charge in [-0.2, -0.15) is 0 Å². The zero-order chi connectivity index (χ0) is 10.1. The van der Waals surface area contributed by atoms with E-state index in [9.17, 15) is 0 Å². The standard InChI is InChI=1S/C11H18N2O.ClH/c14-9-5-1-3-7-12-10-11-6-2-4-8-13-11;/h2,4,6,8,12,14H,1,3,5,7,9-10H2;1H. The van der Waals surface area contributed by atoms with Gasteiger partial charge in [0.1, 0.15) is 0 Å². The maximum atomic E-state index is 8.57. The molecule has 0 saturated carbocycles. The minimum Gasteiger partial charge on any atom is -0.396 e. The Morgan fingerprint density at radius 2 is 2.07 bits per heavy atom. The van der Waals surface area contributed by atoms with Crippen LogP contribution >= 0.6 is 12.4 Å². The van der Waals surface area contributed by atoms with Gasteiger partial charge in [0.15, 0.2) is 0 Å². The van der Waals surface area contributed by atoms with Crippen LogP contribution in [0.2, 0.25) is 0 Å². The molecule has 2 N–H and O–H groups in total. The van der Waals surface area contributed by atoms with Gasteiger partial charge in [0.25, 0.3) is 0 Å². The normalized spacial score (nSPS) is 9.67. The number of hydrogen-bond acceptors (Lipinski definition) is 3. The van der Waals surface area contributed by atoms with E-state index < -0.39 is 0 Å². The van der Waals surface area contributed by atoms with Gasteiger partial charge in [-0.25, -0.2) is 0 Å². The molecule has 0 aromatic carbocycles. The van der Waals surface area contributed by atoms with Gasteiger partial charge in [-0.15, -0.1) is 12.4 Å². The topological polar surface area (TPSA) is 45.1 Å². The fourth-order valence-corrected chi connectivity index (χ4v) is 1.26. The molecule has 1 aromatic heterocycles. The Bertz CT molecular complexity index is 231. The molecule has 1 aromatic rings. The summed E-state index contributed by atoms with van der Waals surface area (Å²) in [5, 5.41) is 11.9. The van der Waals surface area contributed by atoms with Crippen LogP contribution in [-0.4, -0.2) is 23.2 Å². The van der Waals surface area contributed by atoms with E-state index in [-0.39, 0.29) is 12.4 Å². The van der Waals surface area contributed by atoms with E-state index in [0.29, 0.717) is 6.61 Å². The number of nitrogens with zero attached hydrogens (tertiary/aromatic N) is 1. The molecule has 0 aliphatic heterocycles. The van der Waals surface area contributed by atoms with Crippen molar-refractivity contribution in [2.45, 2.75) is 25.8 Å². The first-order chi connectivity index (χ1) is 6.93. The Hall–Kier alpha value is -0.640. The summed E-state index contributed by atoms with van der Waals surface area (Å²) in [7, 11) is 0. The molecule has 0 fully saturated rings. The van der Waals surface area contributed by atoms with Crippen molar-refractivity contribution in [2.75, 3.05) is 13.2 Å². The fourth-order valence-electron chi connectivity index (χ4n) is 1.26. The largest absolute Gasteiger partial charge is 0.396 e. The minimum absolute atomic E-state index is 0. The second-order valence-electron chi connectivity index (χ2n) is 3.28. The highest BCUT2D eigenvalue weighted by Gasteiger charge is 1.91. The van der Waals surface area contributed by atoms with Crippen LogP contribution in [0.15, 0.2) is 24.4 Å². The third-order valence-corrected chi connectivity index (χ3v) is 2.04. The highest BCUT2D eigenvalue weighted by molar-refractivity contribution is 5.85. The molecular formula is C11H19ClN2O. The molecule has 0 atom stereocenters. The number of halogens is 1. The number of rotatable bonds is 7. The first-order valence-corrected chi connectivity index (χ1v) is 5.15. The number of pyridine rings is 1. The molecule has 0 aliphatic carbocycles. The number of unbranched alkanes of at least 4 members (excludes halogenated alkanes) is 2. The van der Waals surface area contributed by atoms with Gasteiger partial charge in [0, 0.05) is 19.3 Å². The van der Waals surface area contributed by atoms with Crippen LogP contribution in [-0.2, 0) is 6.54 Å². The van der Waals surface area contributed by atoms with Crippen molar-refractivity contribution in [1.29, 1.82) is 0 Å². The number of aliphatic hydroxyl groups is 1. The quantitative estimate of drug-likeness (QED) is 0.702. The van der Waals surface area contributed by atoms with Crippen LogP contribution in [0.4, 0.5) is 0 Å². The van der Waals surface area contributed by atoms with Gasteiger partial charge in [0.05, 0.1) is 5.69 Å². The van der Waals surface area contributed by atoms with Crippen LogP contribution < -0.4 is 5.32 Å². The zero-order valence-corrected chi connectivity index (χ0v) is 9.67. The molecule has 0 unspecified atom stereocenters. The van der Waals surface area contributed by atoms with Crippen molar-refractivity contribution in [3.8, 4) is 0 Å². The van der Waals surface area contributed by atoms with Crippen molar-refractivity contribution in [3.05, 3.63) is 30.1 Å². The predicted octanol–water partition coefficient (Wildman–Crippen LogP) is 1.76. The summed E-state index contributed by atoms with van der Waals surface area (Å²) in [6.07, 6.45) is 4.92. The lowest BCUT2D eigenvalue weighted by molar-refractivity contribution is 0.283. The van der Waals surface area contributed by atoms with Crippen LogP contribution in [0.5, 0.6) is 0 Å². The summed E-state index contributed by atoms with van der Waals surface area (Å²) in [5.74, 6) is 0. The van der Waals surface area contributed by atoms with Crippen LogP contribution in [0.3, 0.4) is 0 Å². The van der Waals surface area contributed by atoms with Gasteiger partial charge in [-0.05, 0) is 37.9 Å². The molecule has 86 valence electrons. The number of aromatic nitrogens is 1. The molecule has 3 nitrogen and oxygen atoms in total. The van der Waals surface area contributed by atoms with E-state index >= 15 is 0 Å². The molecule has 0 spiro atoms. The number of nitrogens with one attached hydrogen (secondary N) is 1.